The van der Waals surface area contributed by atoms with E-state index in [-0.39, 0.29) is 6.10 Å². The third kappa shape index (κ3) is 1.34. The third-order valence-corrected chi connectivity index (χ3v) is 3.93. The van der Waals surface area contributed by atoms with Gasteiger partial charge < -0.3 is 5.11 Å². The lowest BCUT2D eigenvalue weighted by Gasteiger charge is -2.43. The van der Waals surface area contributed by atoms with Crippen LogP contribution in [-0.4, -0.2) is 11.2 Å². The van der Waals surface area contributed by atoms with Crippen LogP contribution in [0.3, 0.4) is 0 Å². The summed E-state index contributed by atoms with van der Waals surface area (Å²) in [5.74, 6) is 0. The number of hydrogen-bond donors (Lipinski definition) is 1. The molecule has 0 amide bonds. The molecule has 1 saturated carbocycles. The Balaban J connectivity index is 2.37. The van der Waals surface area contributed by atoms with Gasteiger partial charge in [-0.05, 0) is 30.1 Å². The Kier molecular flexibility index (Phi) is 1.85. The molecule has 1 nitrogen and oxygen atoms in total. The SMILES string of the molecule is CC1(C)CCC[C@]2(C)C[C@@H](O)C=C12. The molecule has 0 aromatic carbocycles. The number of fused-ring (bicyclic) bond motifs is 1. The molecule has 0 bridgehead atoms. The Hall–Kier alpha value is -0.300. The fourth-order valence-electron chi connectivity index (χ4n) is 3.36. The molecule has 0 aromatic heterocycles. The fraction of sp³-hybridized carbons (Fsp3) is 0.833. The standard InChI is InChI=1S/C12H20O/c1-11(2)5-4-6-12(3)8-9(13)7-10(11)12/h7,9,13H,4-6,8H2,1-3H3/t9-,12+/m0/s1. The molecule has 0 heterocycles. The Labute approximate surface area is 80.8 Å². The number of aliphatic hydroxyl groups is 1. The van der Waals surface area contributed by atoms with Gasteiger partial charge in [-0.2, -0.15) is 0 Å². The van der Waals surface area contributed by atoms with E-state index in [1.54, 1.807) is 0 Å². The minimum Gasteiger partial charge on any atom is -0.389 e. The van der Waals surface area contributed by atoms with E-state index >= 15 is 0 Å². The summed E-state index contributed by atoms with van der Waals surface area (Å²) in [5, 5.41) is 9.68. The Morgan fingerprint density at radius 3 is 2.62 bits per heavy atom. The average Bonchev–Trinajstić information content (AvgIpc) is 2.25. The molecule has 1 N–H and O–H groups in total. The summed E-state index contributed by atoms with van der Waals surface area (Å²) >= 11 is 0. The van der Waals surface area contributed by atoms with Crippen molar-refractivity contribution in [3.8, 4) is 0 Å². The van der Waals surface area contributed by atoms with E-state index in [9.17, 15) is 5.11 Å². The van der Waals surface area contributed by atoms with Gasteiger partial charge in [0.2, 0.25) is 0 Å². The molecule has 2 aliphatic rings. The van der Waals surface area contributed by atoms with Crippen LogP contribution in [0.4, 0.5) is 0 Å². The molecule has 13 heavy (non-hydrogen) atoms. The summed E-state index contributed by atoms with van der Waals surface area (Å²) in [6, 6.07) is 0. The molecule has 0 aromatic rings. The first kappa shape index (κ1) is 9.26. The molecule has 2 aliphatic carbocycles. The summed E-state index contributed by atoms with van der Waals surface area (Å²) < 4.78 is 0. The molecule has 0 unspecified atom stereocenters. The fourth-order valence-corrected chi connectivity index (χ4v) is 3.36. The number of rotatable bonds is 0. The molecular formula is C12H20O. The zero-order valence-electron chi connectivity index (χ0n) is 8.93. The predicted molar refractivity (Wildman–Crippen MR) is 54.4 cm³/mol. The van der Waals surface area contributed by atoms with Crippen molar-refractivity contribution in [3.05, 3.63) is 11.6 Å². The van der Waals surface area contributed by atoms with Crippen molar-refractivity contribution in [2.24, 2.45) is 10.8 Å². The summed E-state index contributed by atoms with van der Waals surface area (Å²) in [7, 11) is 0. The van der Waals surface area contributed by atoms with Crippen LogP contribution in [0.5, 0.6) is 0 Å². The van der Waals surface area contributed by atoms with E-state index < -0.39 is 0 Å². The minimum atomic E-state index is -0.183. The van der Waals surface area contributed by atoms with Crippen molar-refractivity contribution in [2.45, 2.75) is 52.6 Å². The van der Waals surface area contributed by atoms with Crippen LogP contribution in [0.15, 0.2) is 11.6 Å². The summed E-state index contributed by atoms with van der Waals surface area (Å²) in [6.07, 6.45) is 6.73. The second-order valence-corrected chi connectivity index (χ2v) is 5.65. The summed E-state index contributed by atoms with van der Waals surface area (Å²) in [5.41, 5.74) is 2.14. The van der Waals surface area contributed by atoms with E-state index in [4.69, 9.17) is 0 Å². The molecule has 0 spiro atoms. The molecule has 2 rings (SSSR count). The van der Waals surface area contributed by atoms with Crippen molar-refractivity contribution in [1.82, 2.24) is 0 Å². The van der Waals surface area contributed by atoms with E-state index in [1.165, 1.54) is 24.8 Å². The monoisotopic (exact) mass is 180 g/mol. The highest BCUT2D eigenvalue weighted by Gasteiger charge is 2.45. The Morgan fingerprint density at radius 2 is 2.00 bits per heavy atom. The largest absolute Gasteiger partial charge is 0.389 e. The Morgan fingerprint density at radius 1 is 1.31 bits per heavy atom. The molecule has 0 radical (unpaired) electrons. The summed E-state index contributed by atoms with van der Waals surface area (Å²) in [6.45, 7) is 6.94. The first-order valence-corrected chi connectivity index (χ1v) is 5.35. The van der Waals surface area contributed by atoms with Crippen LogP contribution in [0.25, 0.3) is 0 Å². The highest BCUT2D eigenvalue weighted by atomic mass is 16.3. The van der Waals surface area contributed by atoms with Gasteiger partial charge in [-0.3, -0.25) is 0 Å². The van der Waals surface area contributed by atoms with Crippen LogP contribution in [-0.2, 0) is 0 Å². The van der Waals surface area contributed by atoms with Gasteiger partial charge in [0.1, 0.15) is 0 Å². The van der Waals surface area contributed by atoms with Gasteiger partial charge in [-0.15, -0.1) is 0 Å². The smallest absolute Gasteiger partial charge is 0.0732 e. The lowest BCUT2D eigenvalue weighted by Crippen LogP contribution is -2.32. The Bertz CT molecular complexity index is 252. The van der Waals surface area contributed by atoms with E-state index in [0.29, 0.717) is 10.8 Å². The van der Waals surface area contributed by atoms with E-state index in [0.717, 1.165) is 6.42 Å². The van der Waals surface area contributed by atoms with Crippen molar-refractivity contribution in [3.63, 3.8) is 0 Å². The second kappa shape index (κ2) is 2.60. The third-order valence-electron chi connectivity index (χ3n) is 3.93. The van der Waals surface area contributed by atoms with Crippen LogP contribution < -0.4 is 0 Å². The maximum atomic E-state index is 9.68. The van der Waals surface area contributed by atoms with Gasteiger partial charge in [0.25, 0.3) is 0 Å². The average molecular weight is 180 g/mol. The maximum Gasteiger partial charge on any atom is 0.0732 e. The number of hydrogen-bond acceptors (Lipinski definition) is 1. The van der Waals surface area contributed by atoms with Crippen LogP contribution >= 0.6 is 0 Å². The summed E-state index contributed by atoms with van der Waals surface area (Å²) in [4.78, 5) is 0. The van der Waals surface area contributed by atoms with Crippen molar-refractivity contribution in [1.29, 1.82) is 0 Å². The maximum absolute atomic E-state index is 9.68. The molecule has 2 atom stereocenters. The molecular weight excluding hydrogens is 160 g/mol. The van der Waals surface area contributed by atoms with Gasteiger partial charge in [-0.25, -0.2) is 0 Å². The van der Waals surface area contributed by atoms with Gasteiger partial charge in [0, 0.05) is 0 Å². The van der Waals surface area contributed by atoms with E-state index in [1.807, 2.05) is 0 Å². The first-order valence-electron chi connectivity index (χ1n) is 5.35. The molecule has 0 aliphatic heterocycles. The van der Waals surface area contributed by atoms with Gasteiger partial charge in [0.15, 0.2) is 0 Å². The zero-order valence-corrected chi connectivity index (χ0v) is 8.93. The zero-order chi connectivity index (χ0) is 9.69. The van der Waals surface area contributed by atoms with Crippen LogP contribution in [0.1, 0.15) is 46.5 Å². The lowest BCUT2D eigenvalue weighted by molar-refractivity contribution is 0.148. The van der Waals surface area contributed by atoms with Crippen LogP contribution in [0.2, 0.25) is 0 Å². The number of aliphatic hydroxyl groups excluding tert-OH is 1. The van der Waals surface area contributed by atoms with Gasteiger partial charge >= 0.3 is 0 Å². The highest BCUT2D eigenvalue weighted by Crippen LogP contribution is 2.55. The molecule has 1 fully saturated rings. The topological polar surface area (TPSA) is 20.2 Å². The van der Waals surface area contributed by atoms with E-state index in [2.05, 4.69) is 26.8 Å². The normalized spacial score (nSPS) is 42.8. The molecule has 0 saturated heterocycles. The van der Waals surface area contributed by atoms with Gasteiger partial charge in [-0.1, -0.05) is 38.8 Å². The van der Waals surface area contributed by atoms with Gasteiger partial charge in [0.05, 0.1) is 6.10 Å². The van der Waals surface area contributed by atoms with Crippen LogP contribution in [0, 0.1) is 10.8 Å². The van der Waals surface area contributed by atoms with Crippen molar-refractivity contribution in [2.75, 3.05) is 0 Å². The lowest BCUT2D eigenvalue weighted by atomic mass is 9.62. The quantitative estimate of drug-likeness (QED) is 0.568. The molecule has 1 heteroatoms. The predicted octanol–water partition coefficient (Wildman–Crippen LogP) is 2.89. The number of allylic oxidation sites excluding steroid dienone is 1. The minimum absolute atomic E-state index is 0.183. The van der Waals surface area contributed by atoms with Crippen molar-refractivity contribution < 1.29 is 5.11 Å². The second-order valence-electron chi connectivity index (χ2n) is 5.65. The van der Waals surface area contributed by atoms with Crippen molar-refractivity contribution >= 4 is 0 Å². The first-order chi connectivity index (χ1) is 5.94. The molecule has 74 valence electrons. The highest BCUT2D eigenvalue weighted by molar-refractivity contribution is 5.29.